The van der Waals surface area contributed by atoms with Gasteiger partial charge in [0.2, 0.25) is 0 Å². The number of hydrogen-bond donors (Lipinski definition) is 3. The Balaban J connectivity index is 2.47. The molecule has 2 aromatic rings. The highest BCUT2D eigenvalue weighted by Gasteiger charge is 2.13. The lowest BCUT2D eigenvalue weighted by atomic mass is 9.83. The third-order valence-corrected chi connectivity index (χ3v) is 3.17. The molecule has 5 N–H and O–H groups in total. The Hall–Kier alpha value is -2.96. The zero-order valence-electron chi connectivity index (χ0n) is 12.6. The van der Waals surface area contributed by atoms with E-state index >= 15 is 0 Å². The molecule has 0 aliphatic heterocycles. The van der Waals surface area contributed by atoms with E-state index in [0.29, 0.717) is 28.0 Å². The van der Waals surface area contributed by atoms with E-state index in [2.05, 4.69) is 22.0 Å². The molecule has 4 radical (unpaired) electrons. The Morgan fingerprint density at radius 3 is 2.78 bits per heavy atom. The Bertz CT molecular complexity index is 812. The Labute approximate surface area is 136 Å². The fraction of sp³-hybridized carbons (Fsp3) is 0.0714. The average Bonchev–Trinajstić information content (AvgIpc) is 2.87. The third-order valence-electron chi connectivity index (χ3n) is 3.17. The number of nitrogens with zero attached hydrogens (tertiary/aromatic N) is 3. The molecule has 112 valence electrons. The van der Waals surface area contributed by atoms with Crippen LogP contribution in [0.25, 0.3) is 11.7 Å². The van der Waals surface area contributed by atoms with Gasteiger partial charge in [0, 0.05) is 30.4 Å². The minimum absolute atomic E-state index is 0.191. The van der Waals surface area contributed by atoms with E-state index in [-0.39, 0.29) is 11.4 Å². The van der Waals surface area contributed by atoms with E-state index in [9.17, 15) is 4.79 Å². The topological polar surface area (TPSA) is 112 Å². The summed E-state index contributed by atoms with van der Waals surface area (Å²) in [5, 5.41) is 7.03. The molecule has 2 heterocycles. The highest BCUT2D eigenvalue weighted by atomic mass is 16.1. The molecule has 2 aromatic heterocycles. The average molecular weight is 304 g/mol. The van der Waals surface area contributed by atoms with Crippen LogP contribution in [0.1, 0.15) is 23.0 Å². The molecular weight excluding hydrogens is 290 g/mol. The molecule has 0 aliphatic rings. The van der Waals surface area contributed by atoms with E-state index < -0.39 is 5.91 Å². The maximum absolute atomic E-state index is 11.5. The zero-order chi connectivity index (χ0) is 17.1. The van der Waals surface area contributed by atoms with Gasteiger partial charge in [0.25, 0.3) is 5.91 Å². The molecule has 1 amide bonds. The van der Waals surface area contributed by atoms with E-state index in [4.69, 9.17) is 27.2 Å². The summed E-state index contributed by atoms with van der Waals surface area (Å²) in [6.07, 6.45) is 4.24. The third kappa shape index (κ3) is 3.28. The van der Waals surface area contributed by atoms with Gasteiger partial charge in [-0.3, -0.25) is 4.79 Å². The zero-order valence-corrected chi connectivity index (χ0v) is 12.6. The summed E-state index contributed by atoms with van der Waals surface area (Å²) in [5.41, 5.74) is 13.3. The largest absolute Gasteiger partial charge is 0.384 e. The summed E-state index contributed by atoms with van der Waals surface area (Å²) < 4.78 is 1.45. The number of allylic oxidation sites excluding steroid dienone is 1. The van der Waals surface area contributed by atoms with Gasteiger partial charge in [-0.05, 0) is 6.92 Å². The molecular formula is C14H14B2N6O. The summed E-state index contributed by atoms with van der Waals surface area (Å²) in [5.74, 6) is -0.401. The summed E-state index contributed by atoms with van der Waals surface area (Å²) in [7, 11) is 12.0. The second-order valence-corrected chi connectivity index (χ2v) is 4.76. The molecule has 0 atom stereocenters. The van der Waals surface area contributed by atoms with Crippen molar-refractivity contribution in [1.29, 1.82) is 0 Å². The maximum atomic E-state index is 11.5. The normalized spacial score (nSPS) is 11.7. The number of nitrogens with two attached hydrogens (primary N) is 2. The highest BCUT2D eigenvalue weighted by Crippen LogP contribution is 2.21. The van der Waals surface area contributed by atoms with Gasteiger partial charge in [0.05, 0.1) is 16.9 Å². The van der Waals surface area contributed by atoms with Gasteiger partial charge in [-0.15, -0.1) is 0 Å². The number of nitrogen functional groups attached to an aromatic ring is 1. The first-order valence-electron chi connectivity index (χ1n) is 6.59. The van der Waals surface area contributed by atoms with Crippen LogP contribution in [-0.4, -0.2) is 36.4 Å². The fourth-order valence-corrected chi connectivity index (χ4v) is 2.01. The van der Waals surface area contributed by atoms with Gasteiger partial charge >= 0.3 is 0 Å². The Morgan fingerprint density at radius 1 is 1.48 bits per heavy atom. The first kappa shape index (κ1) is 16.4. The monoisotopic (exact) mass is 304 g/mol. The van der Waals surface area contributed by atoms with E-state index in [1.807, 2.05) is 0 Å². The predicted octanol–water partition coefficient (Wildman–Crippen LogP) is -0.177. The minimum atomic E-state index is -0.637. The molecule has 0 spiro atoms. The van der Waals surface area contributed by atoms with Crippen molar-refractivity contribution < 1.29 is 4.79 Å². The van der Waals surface area contributed by atoms with Crippen LogP contribution in [0.15, 0.2) is 30.7 Å². The second kappa shape index (κ2) is 6.43. The fourth-order valence-electron chi connectivity index (χ4n) is 2.01. The van der Waals surface area contributed by atoms with Crippen molar-refractivity contribution in [2.75, 3.05) is 11.1 Å². The number of primary amides is 1. The van der Waals surface area contributed by atoms with Gasteiger partial charge in [-0.1, -0.05) is 17.5 Å². The van der Waals surface area contributed by atoms with Crippen molar-refractivity contribution in [1.82, 2.24) is 14.8 Å². The van der Waals surface area contributed by atoms with Crippen molar-refractivity contribution in [3.05, 3.63) is 42.0 Å². The molecule has 0 aromatic carbocycles. The highest BCUT2D eigenvalue weighted by molar-refractivity contribution is 6.47. The number of anilines is 2. The molecule has 0 saturated heterocycles. The number of nitrogens with one attached hydrogen (secondary N) is 1. The molecule has 7 nitrogen and oxygen atoms in total. The molecule has 0 unspecified atom stereocenters. The maximum Gasteiger partial charge on any atom is 0.252 e. The van der Waals surface area contributed by atoms with Crippen LogP contribution in [0.5, 0.6) is 0 Å². The van der Waals surface area contributed by atoms with Gasteiger partial charge in [-0.25, -0.2) is 9.67 Å². The van der Waals surface area contributed by atoms with Crippen molar-refractivity contribution in [2.45, 2.75) is 6.92 Å². The van der Waals surface area contributed by atoms with Crippen molar-refractivity contribution in [2.24, 2.45) is 5.73 Å². The molecule has 0 aliphatic carbocycles. The van der Waals surface area contributed by atoms with Crippen LogP contribution in [0, 0.1) is 0 Å². The number of aromatic nitrogens is 3. The first-order valence-corrected chi connectivity index (χ1v) is 6.59. The van der Waals surface area contributed by atoms with Gasteiger partial charge < -0.3 is 16.8 Å². The number of hydrogen-bond acceptors (Lipinski definition) is 5. The molecule has 0 saturated carbocycles. The number of carbonyl (C=O) groups excluding carboxylic acids is 1. The van der Waals surface area contributed by atoms with Gasteiger partial charge in [0.15, 0.2) is 0 Å². The number of amides is 1. The van der Waals surface area contributed by atoms with Crippen LogP contribution in [-0.2, 0) is 0 Å². The molecule has 23 heavy (non-hydrogen) atoms. The predicted molar refractivity (Wildman–Crippen MR) is 93.1 cm³/mol. The summed E-state index contributed by atoms with van der Waals surface area (Å²) >= 11 is 0. The van der Waals surface area contributed by atoms with Crippen LogP contribution in [0.4, 0.5) is 11.5 Å². The summed E-state index contributed by atoms with van der Waals surface area (Å²) in [6, 6.07) is 1.49. The molecule has 0 fully saturated rings. The lowest BCUT2D eigenvalue weighted by molar-refractivity contribution is 0.100. The first-order chi connectivity index (χ1) is 10.8. The quantitative estimate of drug-likeness (QED) is 0.664. The minimum Gasteiger partial charge on any atom is -0.384 e. The van der Waals surface area contributed by atoms with E-state index in [1.165, 1.54) is 29.3 Å². The van der Waals surface area contributed by atoms with E-state index in [0.717, 1.165) is 0 Å². The van der Waals surface area contributed by atoms with Crippen LogP contribution in [0.3, 0.4) is 0 Å². The van der Waals surface area contributed by atoms with E-state index in [1.54, 1.807) is 6.92 Å². The summed E-state index contributed by atoms with van der Waals surface area (Å²) in [4.78, 5) is 15.3. The molecule has 0 bridgehead atoms. The summed E-state index contributed by atoms with van der Waals surface area (Å²) in [6.45, 7) is 5.36. The van der Waals surface area contributed by atoms with Crippen LogP contribution >= 0.6 is 0 Å². The molecule has 2 rings (SSSR count). The second-order valence-electron chi connectivity index (χ2n) is 4.76. The van der Waals surface area contributed by atoms with Crippen molar-refractivity contribution in [3.8, 4) is 0 Å². The van der Waals surface area contributed by atoms with Crippen LogP contribution in [0.2, 0.25) is 0 Å². The van der Waals surface area contributed by atoms with Crippen molar-refractivity contribution >= 4 is 50.2 Å². The van der Waals surface area contributed by atoms with Crippen LogP contribution < -0.4 is 22.2 Å². The number of rotatable bonds is 5. The number of pyridine rings is 1. The Morgan fingerprint density at radius 2 is 2.17 bits per heavy atom. The van der Waals surface area contributed by atoms with Gasteiger partial charge in [-0.2, -0.15) is 5.10 Å². The number of carbonyl (C=O) groups is 1. The lowest BCUT2D eigenvalue weighted by Crippen LogP contribution is -2.16. The lowest BCUT2D eigenvalue weighted by Gasteiger charge is -2.15. The van der Waals surface area contributed by atoms with Gasteiger partial charge in [0.1, 0.15) is 21.5 Å². The smallest absolute Gasteiger partial charge is 0.252 e. The molecule has 9 heteroatoms. The van der Waals surface area contributed by atoms with Crippen molar-refractivity contribution in [3.63, 3.8) is 0 Å². The SMILES string of the molecule is [B]/C(=C(/C)Nc1cc(N)ncc1C(N)=O)c1c([B])cnn1C=C. The standard InChI is InChI=1S/C14H14B2N6O/c1-3-22-13(9(15)6-20-22)12(16)7(2)21-10-4-11(17)19-5-8(10)14(18)23/h3-6H,1H2,2H3,(H2,18,23)(H3,17,19,21)/b12-7-. The Kier molecular flexibility index (Phi) is 4.59.